The van der Waals surface area contributed by atoms with Gasteiger partial charge in [0.05, 0.1) is 17.5 Å². The van der Waals surface area contributed by atoms with Gasteiger partial charge in [-0.05, 0) is 49.2 Å². The molecule has 2 N–H and O–H groups in total. The molecule has 124 valence electrons. The van der Waals surface area contributed by atoms with Crippen molar-refractivity contribution in [1.29, 1.82) is 0 Å². The number of hydrogen-bond acceptors (Lipinski definition) is 5. The third-order valence-corrected chi connectivity index (χ3v) is 3.10. The van der Waals surface area contributed by atoms with Crippen molar-refractivity contribution in [1.82, 2.24) is 0 Å². The fourth-order valence-corrected chi connectivity index (χ4v) is 1.78. The Labute approximate surface area is 137 Å². The second-order valence-electron chi connectivity index (χ2n) is 4.98. The molecule has 5 heteroatoms. The maximum absolute atomic E-state index is 9.07. The summed E-state index contributed by atoms with van der Waals surface area (Å²) in [5.74, 6) is 0.230. The first-order chi connectivity index (χ1) is 11.2. The fourth-order valence-electron chi connectivity index (χ4n) is 1.78. The highest BCUT2D eigenvalue weighted by atomic mass is 17.1. The van der Waals surface area contributed by atoms with Crippen LogP contribution in [-0.2, 0) is 4.89 Å². The van der Waals surface area contributed by atoms with E-state index in [0.717, 1.165) is 30.6 Å². The topological polar surface area (TPSA) is 74.4 Å². The van der Waals surface area contributed by atoms with Crippen molar-refractivity contribution in [2.24, 2.45) is 10.2 Å². The van der Waals surface area contributed by atoms with Gasteiger partial charge in [-0.25, -0.2) is 4.89 Å². The molecule has 2 aromatic carbocycles. The van der Waals surface area contributed by atoms with Crippen molar-refractivity contribution in [2.75, 3.05) is 0 Å². The summed E-state index contributed by atoms with van der Waals surface area (Å²) in [6, 6.07) is 16.1. The van der Waals surface area contributed by atoms with Crippen molar-refractivity contribution in [2.45, 2.75) is 39.2 Å². The molecule has 0 aliphatic rings. The molecule has 0 radical (unpaired) electrons. The predicted octanol–water partition coefficient (Wildman–Crippen LogP) is 5.86. The van der Waals surface area contributed by atoms with Crippen LogP contribution in [0.4, 0.5) is 11.4 Å². The Morgan fingerprint density at radius 1 is 0.913 bits per heavy atom. The summed E-state index contributed by atoms with van der Waals surface area (Å²) in [6.45, 7) is 4.07. The average molecular weight is 316 g/mol. The minimum absolute atomic E-state index is 0.0556. The zero-order valence-electron chi connectivity index (χ0n) is 13.6. The summed E-state index contributed by atoms with van der Waals surface area (Å²) in [7, 11) is 0. The standard InChI is InChI=1S/C12H10N2O.C6H14O2/c15-12-8-6-11(7-9-12)14-13-10-4-2-1-3-5-10;1-3-5-6(4-2)8-7/h1-9,15H;6-7H,3-5H2,1-2H3. The normalized spacial score (nSPS) is 11.8. The van der Waals surface area contributed by atoms with Crippen LogP contribution in [-0.4, -0.2) is 16.5 Å². The minimum atomic E-state index is 0.0556. The van der Waals surface area contributed by atoms with Gasteiger partial charge in [0.25, 0.3) is 0 Å². The molecule has 2 rings (SSSR count). The second-order valence-corrected chi connectivity index (χ2v) is 4.98. The number of phenols is 1. The molecule has 5 nitrogen and oxygen atoms in total. The van der Waals surface area contributed by atoms with E-state index in [9.17, 15) is 0 Å². The molecule has 23 heavy (non-hydrogen) atoms. The Kier molecular flexibility index (Phi) is 9.28. The van der Waals surface area contributed by atoms with E-state index in [1.54, 1.807) is 24.3 Å². The Morgan fingerprint density at radius 3 is 1.91 bits per heavy atom. The SMILES string of the molecule is CCCC(CC)OO.Oc1ccc(N=Nc2ccccc2)cc1. The zero-order chi connectivity index (χ0) is 16.9. The lowest BCUT2D eigenvalue weighted by Crippen LogP contribution is -2.07. The number of hydrogen-bond donors (Lipinski definition) is 2. The fraction of sp³-hybridized carbons (Fsp3) is 0.333. The zero-order valence-corrected chi connectivity index (χ0v) is 13.6. The van der Waals surface area contributed by atoms with Gasteiger partial charge >= 0.3 is 0 Å². The smallest absolute Gasteiger partial charge is 0.115 e. The van der Waals surface area contributed by atoms with Gasteiger partial charge < -0.3 is 5.11 Å². The van der Waals surface area contributed by atoms with Gasteiger partial charge in [0.2, 0.25) is 0 Å². The van der Waals surface area contributed by atoms with Crippen LogP contribution in [0.2, 0.25) is 0 Å². The van der Waals surface area contributed by atoms with Crippen LogP contribution in [0.3, 0.4) is 0 Å². The molecular weight excluding hydrogens is 292 g/mol. The van der Waals surface area contributed by atoms with Gasteiger partial charge in [-0.2, -0.15) is 10.2 Å². The first-order valence-corrected chi connectivity index (χ1v) is 7.75. The van der Waals surface area contributed by atoms with Crippen LogP contribution >= 0.6 is 0 Å². The van der Waals surface area contributed by atoms with Crippen molar-refractivity contribution >= 4 is 11.4 Å². The highest BCUT2D eigenvalue weighted by Crippen LogP contribution is 2.19. The summed E-state index contributed by atoms with van der Waals surface area (Å²) < 4.78 is 0. The van der Waals surface area contributed by atoms with Crippen molar-refractivity contribution < 1.29 is 15.3 Å². The molecule has 0 bridgehead atoms. The van der Waals surface area contributed by atoms with Gasteiger partial charge in [-0.3, -0.25) is 5.26 Å². The molecule has 0 spiro atoms. The summed E-state index contributed by atoms with van der Waals surface area (Å²) in [5.41, 5.74) is 1.53. The number of rotatable bonds is 6. The summed E-state index contributed by atoms with van der Waals surface area (Å²) in [4.78, 5) is 4.14. The van der Waals surface area contributed by atoms with Gasteiger partial charge in [0.1, 0.15) is 5.75 Å². The highest BCUT2D eigenvalue weighted by Gasteiger charge is 2.01. The minimum Gasteiger partial charge on any atom is -0.508 e. The van der Waals surface area contributed by atoms with Crippen LogP contribution in [0.5, 0.6) is 5.75 Å². The maximum atomic E-state index is 9.07. The second kappa shape index (κ2) is 11.3. The quantitative estimate of drug-likeness (QED) is 0.398. The number of nitrogens with zero attached hydrogens (tertiary/aromatic N) is 2. The van der Waals surface area contributed by atoms with Crippen LogP contribution in [0.1, 0.15) is 33.1 Å². The van der Waals surface area contributed by atoms with E-state index in [4.69, 9.17) is 10.4 Å². The third-order valence-electron chi connectivity index (χ3n) is 3.10. The highest BCUT2D eigenvalue weighted by molar-refractivity contribution is 5.42. The molecule has 0 aliphatic carbocycles. The molecule has 0 saturated heterocycles. The van der Waals surface area contributed by atoms with E-state index in [1.807, 2.05) is 37.3 Å². The molecular formula is C18H24N2O3. The molecule has 0 heterocycles. The Bertz CT molecular complexity index is 552. The van der Waals surface area contributed by atoms with Gasteiger partial charge in [-0.15, -0.1) is 0 Å². The maximum Gasteiger partial charge on any atom is 0.115 e. The summed E-state index contributed by atoms with van der Waals surface area (Å²) in [6.07, 6.45) is 2.97. The molecule has 1 atom stereocenters. The van der Waals surface area contributed by atoms with Gasteiger partial charge in [0.15, 0.2) is 0 Å². The van der Waals surface area contributed by atoms with E-state index in [-0.39, 0.29) is 11.9 Å². The first-order valence-electron chi connectivity index (χ1n) is 7.75. The lowest BCUT2D eigenvalue weighted by atomic mass is 10.2. The molecule has 0 aliphatic heterocycles. The van der Waals surface area contributed by atoms with E-state index in [1.165, 1.54) is 0 Å². The van der Waals surface area contributed by atoms with Crippen molar-refractivity contribution in [3.8, 4) is 5.75 Å². The largest absolute Gasteiger partial charge is 0.508 e. The van der Waals surface area contributed by atoms with Crippen LogP contribution in [0.15, 0.2) is 64.8 Å². The molecule has 0 fully saturated rings. The molecule has 0 saturated carbocycles. The number of azo groups is 1. The Morgan fingerprint density at radius 2 is 1.48 bits per heavy atom. The van der Waals surface area contributed by atoms with Crippen LogP contribution < -0.4 is 0 Å². The Hall–Kier alpha value is -2.24. The molecule has 1 unspecified atom stereocenters. The van der Waals surface area contributed by atoms with Crippen LogP contribution in [0, 0.1) is 0 Å². The summed E-state index contributed by atoms with van der Waals surface area (Å²) in [5, 5.41) is 25.3. The first kappa shape index (κ1) is 18.8. The lowest BCUT2D eigenvalue weighted by Gasteiger charge is -2.06. The van der Waals surface area contributed by atoms with Gasteiger partial charge in [-0.1, -0.05) is 38.5 Å². The number of phenolic OH excluding ortho intramolecular Hbond substituents is 1. The third kappa shape index (κ3) is 8.09. The lowest BCUT2D eigenvalue weighted by molar-refractivity contribution is -0.280. The van der Waals surface area contributed by atoms with Crippen LogP contribution in [0.25, 0.3) is 0 Å². The summed E-state index contributed by atoms with van der Waals surface area (Å²) >= 11 is 0. The number of aromatic hydroxyl groups is 1. The predicted molar refractivity (Wildman–Crippen MR) is 91.4 cm³/mol. The molecule has 0 aromatic heterocycles. The van der Waals surface area contributed by atoms with E-state index < -0.39 is 0 Å². The molecule has 2 aromatic rings. The van der Waals surface area contributed by atoms with Crippen molar-refractivity contribution in [3.05, 3.63) is 54.6 Å². The molecule has 0 amide bonds. The Balaban J connectivity index is 0.000000284. The average Bonchev–Trinajstić information content (AvgIpc) is 2.60. The van der Waals surface area contributed by atoms with Crippen molar-refractivity contribution in [3.63, 3.8) is 0 Å². The van der Waals surface area contributed by atoms with E-state index >= 15 is 0 Å². The van der Waals surface area contributed by atoms with E-state index in [2.05, 4.69) is 22.0 Å². The van der Waals surface area contributed by atoms with Gasteiger partial charge in [0, 0.05) is 0 Å². The number of benzene rings is 2. The monoisotopic (exact) mass is 316 g/mol. The van der Waals surface area contributed by atoms with E-state index in [0.29, 0.717) is 0 Å².